The van der Waals surface area contributed by atoms with Crippen molar-refractivity contribution in [1.29, 1.82) is 0 Å². The Balaban J connectivity index is 1.79. The Morgan fingerprint density at radius 2 is 1.54 bits per heavy atom. The Morgan fingerprint density at radius 3 is 2.12 bits per heavy atom. The van der Waals surface area contributed by atoms with E-state index in [0.717, 1.165) is 19.1 Å². The van der Waals surface area contributed by atoms with E-state index < -0.39 is 0 Å². The van der Waals surface area contributed by atoms with Crippen molar-refractivity contribution in [2.45, 2.75) is 39.0 Å². The van der Waals surface area contributed by atoms with Crippen LogP contribution in [0.5, 0.6) is 5.75 Å². The number of ether oxygens (including phenoxy) is 1. The van der Waals surface area contributed by atoms with Gasteiger partial charge in [-0.05, 0) is 55.0 Å². The molecule has 0 saturated carbocycles. The fraction of sp³-hybridized carbons (Fsp3) is 0.333. The highest BCUT2D eigenvalue weighted by Crippen LogP contribution is 2.21. The van der Waals surface area contributed by atoms with Crippen molar-refractivity contribution in [1.82, 2.24) is 0 Å². The van der Waals surface area contributed by atoms with Crippen LogP contribution in [0, 0.1) is 0 Å². The maximum atomic E-state index is 11.8. The molecule has 0 aromatic heterocycles. The molecule has 0 atom stereocenters. The molecular formula is C21H24N2O3. The fourth-order valence-electron chi connectivity index (χ4n) is 2.33. The Hall–Kier alpha value is -2.82. The van der Waals surface area contributed by atoms with E-state index in [4.69, 9.17) is 4.74 Å². The van der Waals surface area contributed by atoms with Gasteiger partial charge in [0.2, 0.25) is 0 Å². The number of carbonyl (C=O) groups is 2. The Bertz CT molecular complexity index is 722. The molecule has 0 fully saturated rings. The quantitative estimate of drug-likeness (QED) is 0.290. The topological polar surface area (TPSA) is 68.1 Å². The van der Waals surface area contributed by atoms with Crippen molar-refractivity contribution < 1.29 is 14.3 Å². The smallest absolute Gasteiger partial charge is 0.170 e. The first kappa shape index (κ1) is 19.5. The summed E-state index contributed by atoms with van der Waals surface area (Å²) < 4.78 is 5.51. The van der Waals surface area contributed by atoms with Crippen LogP contribution >= 0.6 is 0 Å². The van der Waals surface area contributed by atoms with Crippen molar-refractivity contribution in [3.8, 4) is 5.75 Å². The second kappa shape index (κ2) is 10.9. The maximum absolute atomic E-state index is 11.8. The van der Waals surface area contributed by atoms with Crippen molar-refractivity contribution in [3.63, 3.8) is 0 Å². The summed E-state index contributed by atoms with van der Waals surface area (Å²) in [6, 6.07) is 14.0. The summed E-state index contributed by atoms with van der Waals surface area (Å²) in [5.41, 5.74) is 1.96. The number of rotatable bonds is 11. The highest BCUT2D eigenvalue weighted by molar-refractivity contribution is 5.79. The molecule has 0 aliphatic rings. The van der Waals surface area contributed by atoms with Crippen LogP contribution in [0.3, 0.4) is 0 Å². The molecule has 0 aliphatic heterocycles. The third-order valence-corrected chi connectivity index (χ3v) is 3.86. The van der Waals surface area contributed by atoms with E-state index in [2.05, 4.69) is 17.2 Å². The van der Waals surface area contributed by atoms with Gasteiger partial charge in [-0.25, -0.2) is 0 Å². The lowest BCUT2D eigenvalue weighted by Gasteiger charge is -2.05. The summed E-state index contributed by atoms with van der Waals surface area (Å²) in [5, 5.41) is 8.26. The summed E-state index contributed by atoms with van der Waals surface area (Å²) in [6.07, 6.45) is 5.73. The number of unbranched alkanes of at least 4 members (excludes halogenated alkanes) is 3. The van der Waals surface area contributed by atoms with E-state index >= 15 is 0 Å². The molecule has 2 aromatic carbocycles. The van der Waals surface area contributed by atoms with Gasteiger partial charge in [-0.1, -0.05) is 26.2 Å². The van der Waals surface area contributed by atoms with E-state index in [1.165, 1.54) is 12.8 Å². The Morgan fingerprint density at radius 1 is 0.923 bits per heavy atom. The minimum absolute atomic E-state index is 0.107. The lowest BCUT2D eigenvalue weighted by atomic mass is 10.1. The van der Waals surface area contributed by atoms with Crippen LogP contribution in [0.15, 0.2) is 58.8 Å². The summed E-state index contributed by atoms with van der Waals surface area (Å²) in [6.45, 7) is 2.26. The van der Waals surface area contributed by atoms with Crippen LogP contribution in [-0.2, 0) is 4.79 Å². The summed E-state index contributed by atoms with van der Waals surface area (Å²) in [4.78, 5) is 22.4. The number of hydrogen-bond donors (Lipinski definition) is 0. The van der Waals surface area contributed by atoms with Crippen molar-refractivity contribution in [3.05, 3.63) is 54.1 Å². The Labute approximate surface area is 154 Å². The lowest BCUT2D eigenvalue weighted by Crippen LogP contribution is -2.10. The van der Waals surface area contributed by atoms with E-state index in [-0.39, 0.29) is 12.4 Å². The zero-order chi connectivity index (χ0) is 18.6. The van der Waals surface area contributed by atoms with Crippen molar-refractivity contribution in [2.24, 2.45) is 10.2 Å². The molecule has 0 spiro atoms. The van der Waals surface area contributed by atoms with E-state index in [0.29, 0.717) is 29.1 Å². The zero-order valence-corrected chi connectivity index (χ0v) is 15.1. The van der Waals surface area contributed by atoms with Crippen LogP contribution in [0.2, 0.25) is 0 Å². The number of nitrogens with zero attached hydrogens (tertiary/aromatic N) is 2. The number of carbonyl (C=O) groups excluding carboxylic acids is 2. The number of azo groups is 1. The van der Waals surface area contributed by atoms with E-state index in [9.17, 15) is 9.59 Å². The highest BCUT2D eigenvalue weighted by Gasteiger charge is 2.03. The molecule has 136 valence electrons. The van der Waals surface area contributed by atoms with Crippen LogP contribution in [-0.4, -0.2) is 18.7 Å². The second-order valence-electron chi connectivity index (χ2n) is 6.04. The van der Waals surface area contributed by atoms with Crippen LogP contribution in [0.4, 0.5) is 11.4 Å². The van der Waals surface area contributed by atoms with Gasteiger partial charge in [0.15, 0.2) is 5.78 Å². The molecule has 26 heavy (non-hydrogen) atoms. The van der Waals surface area contributed by atoms with Crippen LogP contribution in [0.25, 0.3) is 0 Å². The first-order chi connectivity index (χ1) is 12.7. The second-order valence-corrected chi connectivity index (χ2v) is 6.04. The number of hydrogen-bond acceptors (Lipinski definition) is 5. The first-order valence-electron chi connectivity index (χ1n) is 8.93. The molecule has 0 bridgehead atoms. The summed E-state index contributed by atoms with van der Waals surface area (Å²) in [7, 11) is 0. The molecule has 2 rings (SSSR count). The molecule has 2 aromatic rings. The third-order valence-electron chi connectivity index (χ3n) is 3.86. The minimum Gasteiger partial charge on any atom is -0.486 e. The average molecular weight is 352 g/mol. The predicted octanol–water partition coefficient (Wildman–Crippen LogP) is 5.83. The largest absolute Gasteiger partial charge is 0.486 e. The van der Waals surface area contributed by atoms with Gasteiger partial charge < -0.3 is 4.74 Å². The van der Waals surface area contributed by atoms with Gasteiger partial charge in [-0.3, -0.25) is 9.59 Å². The summed E-state index contributed by atoms with van der Waals surface area (Å²) in [5.74, 6) is 0.768. The van der Waals surface area contributed by atoms with Gasteiger partial charge in [0.05, 0.1) is 11.4 Å². The first-order valence-corrected chi connectivity index (χ1v) is 8.93. The average Bonchev–Trinajstić information content (AvgIpc) is 2.69. The van der Waals surface area contributed by atoms with Gasteiger partial charge in [0.25, 0.3) is 0 Å². The van der Waals surface area contributed by atoms with E-state index in [1.54, 1.807) is 48.5 Å². The molecule has 0 unspecified atom stereocenters. The number of aldehydes is 1. The standard InChI is InChI=1S/C21H24N2O3/c1-2-3-4-5-6-20(25)16-26-21-13-11-19(12-14-21)23-22-18-9-7-17(15-24)8-10-18/h7-15H,2-6,16H2,1H3. The monoisotopic (exact) mass is 352 g/mol. The molecule has 0 aliphatic carbocycles. The predicted molar refractivity (Wildman–Crippen MR) is 102 cm³/mol. The molecular weight excluding hydrogens is 328 g/mol. The SMILES string of the molecule is CCCCCCC(=O)COc1ccc(N=Nc2ccc(C=O)cc2)cc1. The molecule has 0 N–H and O–H groups in total. The van der Waals surface area contributed by atoms with Gasteiger partial charge in [0.1, 0.15) is 18.6 Å². The van der Waals surface area contributed by atoms with Gasteiger partial charge in [-0.15, -0.1) is 0 Å². The fourth-order valence-corrected chi connectivity index (χ4v) is 2.33. The molecule has 0 radical (unpaired) electrons. The minimum atomic E-state index is 0.107. The number of ketones is 1. The van der Waals surface area contributed by atoms with Gasteiger partial charge in [0, 0.05) is 12.0 Å². The van der Waals surface area contributed by atoms with Crippen LogP contribution < -0.4 is 4.74 Å². The molecule has 0 heterocycles. The maximum Gasteiger partial charge on any atom is 0.170 e. The Kier molecular flexibility index (Phi) is 8.19. The molecule has 5 nitrogen and oxygen atoms in total. The van der Waals surface area contributed by atoms with Crippen molar-refractivity contribution in [2.75, 3.05) is 6.61 Å². The lowest BCUT2D eigenvalue weighted by molar-refractivity contribution is -0.121. The van der Waals surface area contributed by atoms with Gasteiger partial charge >= 0.3 is 0 Å². The summed E-state index contributed by atoms with van der Waals surface area (Å²) >= 11 is 0. The zero-order valence-electron chi connectivity index (χ0n) is 15.1. The number of Topliss-reactive ketones (excluding diaryl/α,β-unsaturated/α-hetero) is 1. The van der Waals surface area contributed by atoms with Crippen LogP contribution in [0.1, 0.15) is 49.4 Å². The van der Waals surface area contributed by atoms with Gasteiger partial charge in [-0.2, -0.15) is 10.2 Å². The highest BCUT2D eigenvalue weighted by atomic mass is 16.5. The third kappa shape index (κ3) is 6.97. The number of benzene rings is 2. The normalized spacial score (nSPS) is 10.8. The van der Waals surface area contributed by atoms with E-state index in [1.807, 2.05) is 0 Å². The molecule has 0 saturated heterocycles. The molecule has 0 amide bonds. The molecule has 5 heteroatoms. The van der Waals surface area contributed by atoms with Crippen molar-refractivity contribution >= 4 is 23.4 Å².